The molecule has 5 rings (SSSR count). The second kappa shape index (κ2) is 8.01. The van der Waals surface area contributed by atoms with Crippen molar-refractivity contribution in [2.75, 3.05) is 18.4 Å². The van der Waals surface area contributed by atoms with Crippen molar-refractivity contribution < 1.29 is 4.39 Å². The van der Waals surface area contributed by atoms with Crippen LogP contribution in [0.15, 0.2) is 48.8 Å². The Kier molecular flexibility index (Phi) is 5.06. The number of hydrogen-bond acceptors (Lipinski definition) is 5. The largest absolute Gasteiger partial charge is 0.380 e. The first-order chi connectivity index (χ1) is 14.7. The second-order valence-electron chi connectivity index (χ2n) is 7.42. The molecule has 8 heteroatoms. The third-order valence-electron chi connectivity index (χ3n) is 5.30. The molecule has 1 aliphatic rings. The van der Waals surface area contributed by atoms with Crippen LogP contribution in [0.25, 0.3) is 33.5 Å². The third kappa shape index (κ3) is 3.74. The highest BCUT2D eigenvalue weighted by molar-refractivity contribution is 6.30. The van der Waals surface area contributed by atoms with Gasteiger partial charge in [-0.3, -0.25) is 10.1 Å². The van der Waals surface area contributed by atoms with Crippen LogP contribution in [0.3, 0.4) is 0 Å². The van der Waals surface area contributed by atoms with Gasteiger partial charge in [0, 0.05) is 34.9 Å². The van der Waals surface area contributed by atoms with Crippen molar-refractivity contribution in [3.05, 3.63) is 59.6 Å². The maximum absolute atomic E-state index is 14.4. The number of hydrogen-bond donors (Lipinski definition) is 3. The van der Waals surface area contributed by atoms with Crippen LogP contribution < -0.4 is 10.6 Å². The molecule has 1 saturated heterocycles. The van der Waals surface area contributed by atoms with Gasteiger partial charge in [-0.1, -0.05) is 11.6 Å². The molecule has 0 saturated carbocycles. The number of rotatable bonds is 4. The summed E-state index contributed by atoms with van der Waals surface area (Å²) >= 11 is 6.07. The zero-order chi connectivity index (χ0) is 20.5. The minimum atomic E-state index is -0.386. The van der Waals surface area contributed by atoms with Gasteiger partial charge in [0.15, 0.2) is 0 Å². The van der Waals surface area contributed by atoms with Gasteiger partial charge in [0.25, 0.3) is 0 Å². The number of H-pyrrole nitrogens is 1. The third-order valence-corrected chi connectivity index (χ3v) is 5.54. The second-order valence-corrected chi connectivity index (χ2v) is 7.85. The summed E-state index contributed by atoms with van der Waals surface area (Å²) in [5.41, 5.74) is 4.69. The van der Waals surface area contributed by atoms with Crippen LogP contribution in [0.2, 0.25) is 5.02 Å². The van der Waals surface area contributed by atoms with Gasteiger partial charge in [0.1, 0.15) is 11.5 Å². The van der Waals surface area contributed by atoms with Gasteiger partial charge < -0.3 is 10.6 Å². The smallest absolute Gasteiger partial charge is 0.132 e. The highest BCUT2D eigenvalue weighted by Gasteiger charge is 2.17. The zero-order valence-corrected chi connectivity index (χ0v) is 16.9. The van der Waals surface area contributed by atoms with Crippen LogP contribution >= 0.6 is 11.6 Å². The lowest BCUT2D eigenvalue weighted by atomic mass is 10.0. The Balaban J connectivity index is 1.51. The van der Waals surface area contributed by atoms with Crippen LogP contribution in [0, 0.1) is 5.82 Å². The summed E-state index contributed by atoms with van der Waals surface area (Å²) in [4.78, 5) is 9.31. The van der Waals surface area contributed by atoms with Crippen LogP contribution in [-0.2, 0) is 0 Å². The minimum absolute atomic E-state index is 0.332. The molecule has 1 atom stereocenters. The molecule has 1 unspecified atom stereocenters. The number of anilines is 1. The molecular formula is C22H20ClFN6. The fourth-order valence-electron chi connectivity index (χ4n) is 3.82. The molecule has 3 N–H and O–H groups in total. The number of halogens is 2. The normalized spacial score (nSPS) is 16.7. The summed E-state index contributed by atoms with van der Waals surface area (Å²) in [6.07, 6.45) is 5.84. The fourth-order valence-corrected chi connectivity index (χ4v) is 3.99. The fraction of sp³-hybridized carbons (Fsp3) is 0.227. The molecule has 30 heavy (non-hydrogen) atoms. The van der Waals surface area contributed by atoms with Gasteiger partial charge in [-0.15, -0.1) is 0 Å². The van der Waals surface area contributed by atoms with Crippen molar-refractivity contribution >= 4 is 28.3 Å². The molecule has 4 heterocycles. The number of fused-ring (bicyclic) bond motifs is 1. The van der Waals surface area contributed by atoms with E-state index in [-0.39, 0.29) is 5.82 Å². The Morgan fingerprint density at radius 1 is 1.10 bits per heavy atom. The minimum Gasteiger partial charge on any atom is -0.380 e. The Bertz CT molecular complexity index is 1200. The number of pyridine rings is 2. The molecule has 4 aromatic rings. The molecule has 1 aliphatic heterocycles. The summed E-state index contributed by atoms with van der Waals surface area (Å²) in [6.45, 7) is 2.01. The van der Waals surface area contributed by atoms with Gasteiger partial charge in [-0.2, -0.15) is 5.10 Å². The number of piperidine rings is 1. The molecule has 0 aliphatic carbocycles. The number of aromatic nitrogens is 4. The molecule has 0 spiro atoms. The van der Waals surface area contributed by atoms with E-state index in [1.165, 1.54) is 12.1 Å². The quantitative estimate of drug-likeness (QED) is 0.446. The van der Waals surface area contributed by atoms with Gasteiger partial charge in [-0.25, -0.2) is 9.37 Å². The van der Waals surface area contributed by atoms with E-state index in [0.717, 1.165) is 42.7 Å². The standard InChI is InChI=1S/C22H20ClFN6/c23-13-3-4-18(24)16(8-13)22-17(12-27-30-22)19-5-6-20-21(29-19)9-15(11-26-20)28-14-2-1-7-25-10-14/h3-6,8-9,11-12,14,25,28H,1-2,7,10H2,(H,27,30). The molecule has 0 amide bonds. The summed E-state index contributed by atoms with van der Waals surface area (Å²) < 4.78 is 14.4. The summed E-state index contributed by atoms with van der Waals surface area (Å²) in [7, 11) is 0. The highest BCUT2D eigenvalue weighted by atomic mass is 35.5. The van der Waals surface area contributed by atoms with Crippen LogP contribution in [0.1, 0.15) is 12.8 Å². The predicted molar refractivity (Wildman–Crippen MR) is 117 cm³/mol. The topological polar surface area (TPSA) is 78.5 Å². The van der Waals surface area contributed by atoms with Gasteiger partial charge in [0.2, 0.25) is 0 Å². The van der Waals surface area contributed by atoms with Crippen molar-refractivity contribution in [3.63, 3.8) is 0 Å². The van der Waals surface area contributed by atoms with Crippen LogP contribution in [0.5, 0.6) is 0 Å². The Hall–Kier alpha value is -3.03. The van der Waals surface area contributed by atoms with E-state index < -0.39 is 0 Å². The Morgan fingerprint density at radius 2 is 2.03 bits per heavy atom. The molecule has 1 fully saturated rings. The highest BCUT2D eigenvalue weighted by Crippen LogP contribution is 2.33. The van der Waals surface area contributed by atoms with Gasteiger partial charge in [0.05, 0.1) is 28.6 Å². The summed E-state index contributed by atoms with van der Waals surface area (Å²) in [6, 6.07) is 10.6. The first kappa shape index (κ1) is 19.0. The van der Waals surface area contributed by atoms with E-state index in [1.807, 2.05) is 24.4 Å². The van der Waals surface area contributed by atoms with E-state index in [2.05, 4.69) is 25.8 Å². The lowest BCUT2D eigenvalue weighted by molar-refractivity contribution is 0.480. The molecule has 1 aromatic carbocycles. The first-order valence-corrected chi connectivity index (χ1v) is 10.3. The van der Waals surface area contributed by atoms with E-state index in [4.69, 9.17) is 16.6 Å². The van der Waals surface area contributed by atoms with Gasteiger partial charge in [-0.05, 0) is 55.8 Å². The number of nitrogens with zero attached hydrogens (tertiary/aromatic N) is 3. The van der Waals surface area contributed by atoms with Crippen LogP contribution in [-0.4, -0.2) is 39.3 Å². The Morgan fingerprint density at radius 3 is 2.90 bits per heavy atom. The molecule has 152 valence electrons. The lowest BCUT2D eigenvalue weighted by Crippen LogP contribution is -2.38. The monoisotopic (exact) mass is 422 g/mol. The van der Waals surface area contributed by atoms with Crippen molar-refractivity contribution in [1.82, 2.24) is 25.5 Å². The zero-order valence-electron chi connectivity index (χ0n) is 16.1. The molecule has 0 bridgehead atoms. The molecular weight excluding hydrogens is 403 g/mol. The predicted octanol–water partition coefficient (Wildman–Crippen LogP) is 4.64. The average molecular weight is 423 g/mol. The SMILES string of the molecule is Fc1ccc(Cl)cc1-c1n[nH]cc1-c1ccc2ncc(NC3CCCNC3)cc2n1. The van der Waals surface area contributed by atoms with E-state index in [1.54, 1.807) is 12.3 Å². The lowest BCUT2D eigenvalue weighted by Gasteiger charge is -2.24. The van der Waals surface area contributed by atoms with E-state index in [0.29, 0.717) is 33.6 Å². The van der Waals surface area contributed by atoms with Crippen molar-refractivity contribution in [2.24, 2.45) is 0 Å². The number of aromatic amines is 1. The first-order valence-electron chi connectivity index (χ1n) is 9.91. The molecule has 6 nitrogen and oxygen atoms in total. The molecule has 3 aromatic heterocycles. The molecule has 0 radical (unpaired) electrons. The van der Waals surface area contributed by atoms with Crippen molar-refractivity contribution in [3.8, 4) is 22.5 Å². The van der Waals surface area contributed by atoms with E-state index >= 15 is 0 Å². The number of benzene rings is 1. The van der Waals surface area contributed by atoms with Crippen LogP contribution in [0.4, 0.5) is 10.1 Å². The summed E-state index contributed by atoms with van der Waals surface area (Å²) in [5.74, 6) is -0.386. The van der Waals surface area contributed by atoms with Crippen molar-refractivity contribution in [2.45, 2.75) is 18.9 Å². The Labute approximate surface area is 177 Å². The number of nitrogens with one attached hydrogen (secondary N) is 3. The maximum atomic E-state index is 14.4. The van der Waals surface area contributed by atoms with Gasteiger partial charge >= 0.3 is 0 Å². The van der Waals surface area contributed by atoms with E-state index in [9.17, 15) is 4.39 Å². The maximum Gasteiger partial charge on any atom is 0.132 e. The average Bonchev–Trinajstić information content (AvgIpc) is 3.25. The van der Waals surface area contributed by atoms with Crippen molar-refractivity contribution in [1.29, 1.82) is 0 Å². The summed E-state index contributed by atoms with van der Waals surface area (Å²) in [5, 5.41) is 14.4.